The molecule has 12 heteroatoms. The monoisotopic (exact) mass is 485 g/mol. The molecule has 1 rings (SSSR count). The van der Waals surface area contributed by atoms with Crippen molar-refractivity contribution in [3.05, 3.63) is 0 Å². The van der Waals surface area contributed by atoms with E-state index in [1.54, 1.807) is 0 Å². The Balaban J connectivity index is -0.000000112. The molecular formula is C6H16N2O7P2Pt. The number of hydrogen-bond donors (Lipinski definition) is 2. The van der Waals surface area contributed by atoms with E-state index in [1.807, 2.05) is 0 Å². The Morgan fingerprint density at radius 2 is 1.22 bits per heavy atom. The third-order valence-electron chi connectivity index (χ3n) is 2.07. The zero-order chi connectivity index (χ0) is 13.7. The van der Waals surface area contributed by atoms with E-state index in [0.717, 1.165) is 12.8 Å². The van der Waals surface area contributed by atoms with Gasteiger partial charge in [0, 0.05) is 12.1 Å². The summed E-state index contributed by atoms with van der Waals surface area (Å²) in [4.78, 5) is 37.3. The van der Waals surface area contributed by atoms with Gasteiger partial charge in [-0.05, 0) is 12.8 Å². The van der Waals surface area contributed by atoms with E-state index in [9.17, 15) is 28.7 Å². The predicted octanol–water partition coefficient (Wildman–Crippen LogP) is -2.90. The van der Waals surface area contributed by atoms with Crippen LogP contribution in [0.4, 0.5) is 0 Å². The number of hydrogen-bond acceptors (Lipinski definition) is 9. The minimum absolute atomic E-state index is 0. The SMILES string of the molecule is N[C@@H]1CCCC[C@H]1N.O=P([O-])([O-])OP(=O)([O-])[O-].[H+].[H+].[Pt+2]. The van der Waals surface area contributed by atoms with Crippen molar-refractivity contribution in [1.82, 2.24) is 0 Å². The first-order chi connectivity index (χ1) is 7.51. The fourth-order valence-corrected chi connectivity index (χ4v) is 2.29. The quantitative estimate of drug-likeness (QED) is 0.387. The van der Waals surface area contributed by atoms with Gasteiger partial charge in [0.15, 0.2) is 0 Å². The molecule has 0 aromatic carbocycles. The fraction of sp³-hybridized carbons (Fsp3) is 1.00. The summed E-state index contributed by atoms with van der Waals surface area (Å²) in [6.45, 7) is 0. The molecule has 0 aromatic heterocycles. The predicted molar refractivity (Wildman–Crippen MR) is 52.9 cm³/mol. The molecule has 1 aliphatic carbocycles. The molecule has 0 aromatic rings. The average Bonchev–Trinajstić information content (AvgIpc) is 2.04. The molecule has 0 heterocycles. The van der Waals surface area contributed by atoms with Crippen molar-refractivity contribution in [2.75, 3.05) is 0 Å². The number of rotatable bonds is 2. The molecule has 1 fully saturated rings. The van der Waals surface area contributed by atoms with Crippen LogP contribution in [0, 0.1) is 0 Å². The van der Waals surface area contributed by atoms with Gasteiger partial charge in [0.05, 0.1) is 15.6 Å². The Hall–Kier alpha value is 0.868. The van der Waals surface area contributed by atoms with E-state index < -0.39 is 15.6 Å². The van der Waals surface area contributed by atoms with Gasteiger partial charge in [-0.1, -0.05) is 12.8 Å². The molecule has 4 N–H and O–H groups in total. The Morgan fingerprint density at radius 1 is 0.944 bits per heavy atom. The first kappa shape index (κ1) is 21.2. The van der Waals surface area contributed by atoms with Crippen LogP contribution in [0.5, 0.6) is 0 Å². The summed E-state index contributed by atoms with van der Waals surface area (Å²) in [6.07, 6.45) is 4.80. The molecule has 0 amide bonds. The normalized spacial score (nSPS) is 24.6. The minimum Gasteiger partial charge on any atom is -0.790 e. The van der Waals surface area contributed by atoms with Crippen LogP contribution in [-0.2, 0) is 34.5 Å². The van der Waals surface area contributed by atoms with E-state index in [4.69, 9.17) is 11.5 Å². The zero-order valence-corrected chi connectivity index (χ0v) is 13.3. The van der Waals surface area contributed by atoms with Gasteiger partial charge in [-0.25, -0.2) is 0 Å². The molecule has 1 aliphatic rings. The van der Waals surface area contributed by atoms with E-state index in [1.165, 1.54) is 12.8 Å². The van der Waals surface area contributed by atoms with E-state index >= 15 is 0 Å². The van der Waals surface area contributed by atoms with E-state index in [-0.39, 0.29) is 36.0 Å². The van der Waals surface area contributed by atoms with Crippen LogP contribution < -0.4 is 31.0 Å². The standard InChI is InChI=1S/C6H14N2.H4O7P2.Pt/c7-5-3-1-2-4-6(5)8;1-8(2,3)7-9(4,5)6;/h5-6H,1-4,7-8H2;(H2,1,2,3)(H2,4,5,6);/q;;+2/p-2/t5-,6-;;/m1../s1. The van der Waals surface area contributed by atoms with Crippen molar-refractivity contribution in [2.45, 2.75) is 37.8 Å². The summed E-state index contributed by atoms with van der Waals surface area (Å²) in [5, 5.41) is 0. The molecule has 0 radical (unpaired) electrons. The van der Waals surface area contributed by atoms with Gasteiger partial charge in [-0.3, -0.25) is 0 Å². The second-order valence-corrected chi connectivity index (χ2v) is 6.03. The second kappa shape index (κ2) is 8.92. The van der Waals surface area contributed by atoms with E-state index in [2.05, 4.69) is 4.31 Å². The third-order valence-corrected chi connectivity index (χ3v) is 3.67. The smallest absolute Gasteiger partial charge is 0.790 e. The van der Waals surface area contributed by atoms with Gasteiger partial charge in [-0.15, -0.1) is 0 Å². The molecule has 2 atom stereocenters. The Morgan fingerprint density at radius 3 is 1.33 bits per heavy atom. The van der Waals surface area contributed by atoms with Crippen LogP contribution in [0.15, 0.2) is 0 Å². The van der Waals surface area contributed by atoms with Crippen molar-refractivity contribution >= 4 is 15.6 Å². The molecule has 0 bridgehead atoms. The summed E-state index contributed by atoms with van der Waals surface area (Å²) in [7, 11) is -11.4. The molecule has 112 valence electrons. The summed E-state index contributed by atoms with van der Waals surface area (Å²) in [6, 6.07) is 0.562. The molecule has 9 nitrogen and oxygen atoms in total. The number of phosphoric acid groups is 2. The molecular weight excluding hydrogens is 469 g/mol. The third kappa shape index (κ3) is 13.3. The maximum Gasteiger partial charge on any atom is 2.00 e. The fourth-order valence-electron chi connectivity index (χ4n) is 1.31. The van der Waals surface area contributed by atoms with Crippen LogP contribution >= 0.6 is 15.6 Å². The Bertz CT molecular complexity index is 298. The van der Waals surface area contributed by atoms with Gasteiger partial charge in [0.1, 0.15) is 0 Å². The molecule has 18 heavy (non-hydrogen) atoms. The van der Waals surface area contributed by atoms with Gasteiger partial charge >= 0.3 is 23.9 Å². The summed E-state index contributed by atoms with van der Waals surface area (Å²) >= 11 is 0. The van der Waals surface area contributed by atoms with Crippen molar-refractivity contribution < 1.29 is 56.9 Å². The molecule has 1 saturated carbocycles. The molecule has 0 unspecified atom stereocenters. The van der Waals surface area contributed by atoms with Gasteiger partial charge < -0.3 is 44.5 Å². The van der Waals surface area contributed by atoms with Crippen LogP contribution in [0.1, 0.15) is 28.5 Å². The van der Waals surface area contributed by atoms with Crippen LogP contribution in [0.25, 0.3) is 0 Å². The largest absolute Gasteiger partial charge is 2.00 e. The summed E-state index contributed by atoms with van der Waals surface area (Å²) in [5.41, 5.74) is 11.3. The first-order valence-corrected chi connectivity index (χ1v) is 7.70. The maximum absolute atomic E-state index is 9.32. The summed E-state index contributed by atoms with van der Waals surface area (Å²) < 4.78 is 21.2. The van der Waals surface area contributed by atoms with Crippen molar-refractivity contribution in [2.24, 2.45) is 11.5 Å². The van der Waals surface area contributed by atoms with Crippen molar-refractivity contribution in [3.63, 3.8) is 0 Å². The Kier molecular flexibility index (Phi) is 10.5. The topological polar surface area (TPSA) is 188 Å². The van der Waals surface area contributed by atoms with Crippen molar-refractivity contribution in [3.8, 4) is 0 Å². The molecule has 0 saturated heterocycles. The van der Waals surface area contributed by atoms with Crippen molar-refractivity contribution in [1.29, 1.82) is 0 Å². The van der Waals surface area contributed by atoms with Crippen LogP contribution in [-0.4, -0.2) is 12.1 Å². The van der Waals surface area contributed by atoms with E-state index in [0.29, 0.717) is 0 Å². The zero-order valence-electron chi connectivity index (χ0n) is 11.2. The maximum atomic E-state index is 9.32. The Labute approximate surface area is 122 Å². The van der Waals surface area contributed by atoms with Crippen LogP contribution in [0.3, 0.4) is 0 Å². The molecule has 0 spiro atoms. The van der Waals surface area contributed by atoms with Gasteiger partial charge in [0.2, 0.25) is 0 Å². The first-order valence-electron chi connectivity index (χ1n) is 4.78. The van der Waals surface area contributed by atoms with Crippen LogP contribution in [0.2, 0.25) is 0 Å². The average molecular weight is 485 g/mol. The second-order valence-electron chi connectivity index (χ2n) is 3.59. The van der Waals surface area contributed by atoms with Gasteiger partial charge in [0.25, 0.3) is 0 Å². The molecule has 0 aliphatic heterocycles. The summed E-state index contributed by atoms with van der Waals surface area (Å²) in [5.74, 6) is 0. The minimum atomic E-state index is -5.68. The number of nitrogens with two attached hydrogens (primary N) is 2. The van der Waals surface area contributed by atoms with Gasteiger partial charge in [-0.2, -0.15) is 0 Å².